The fraction of sp³-hybridized carbons (Fsp3) is 0.583. The first kappa shape index (κ1) is 12.0. The third kappa shape index (κ3) is 3.27. The molecule has 2 unspecified atom stereocenters. The Kier molecular flexibility index (Phi) is 4.32. The minimum absolute atomic E-state index is 0.235. The van der Waals surface area contributed by atoms with Gasteiger partial charge in [0.05, 0.1) is 6.10 Å². The quantitative estimate of drug-likeness (QED) is 0.891. The molecule has 1 aromatic rings. The molecular formula is C12H17BrN2O. The molecule has 0 saturated carbocycles. The second kappa shape index (κ2) is 5.75. The molecule has 1 aliphatic rings. The predicted octanol–water partition coefficient (Wildman–Crippen LogP) is 1.89. The van der Waals surface area contributed by atoms with Crippen molar-refractivity contribution in [3.63, 3.8) is 0 Å². The Morgan fingerprint density at radius 3 is 3.00 bits per heavy atom. The summed E-state index contributed by atoms with van der Waals surface area (Å²) in [5.74, 6) is 0. The molecule has 1 saturated heterocycles. The molecule has 1 aliphatic heterocycles. The zero-order valence-electron chi connectivity index (χ0n) is 9.19. The molecule has 88 valence electrons. The molecular weight excluding hydrogens is 268 g/mol. The second-order valence-corrected chi connectivity index (χ2v) is 5.21. The van der Waals surface area contributed by atoms with Crippen molar-refractivity contribution in [1.29, 1.82) is 0 Å². The molecule has 2 N–H and O–H groups in total. The molecule has 2 rings (SSSR count). The summed E-state index contributed by atoms with van der Waals surface area (Å²) in [6.45, 7) is 1.02. The minimum atomic E-state index is -0.325. The van der Waals surface area contributed by atoms with Gasteiger partial charge in [-0.2, -0.15) is 0 Å². The van der Waals surface area contributed by atoms with Gasteiger partial charge in [0.15, 0.2) is 0 Å². The fourth-order valence-electron chi connectivity index (χ4n) is 2.09. The van der Waals surface area contributed by atoms with Crippen LogP contribution in [0.5, 0.6) is 0 Å². The number of halogens is 1. The summed E-state index contributed by atoms with van der Waals surface area (Å²) in [7, 11) is 0. The van der Waals surface area contributed by atoms with Crippen molar-refractivity contribution in [3.05, 3.63) is 28.5 Å². The van der Waals surface area contributed by atoms with Crippen molar-refractivity contribution >= 4 is 15.9 Å². The van der Waals surface area contributed by atoms with E-state index in [0.29, 0.717) is 6.42 Å². The van der Waals surface area contributed by atoms with Crippen LogP contribution in [0.1, 0.15) is 25.0 Å². The van der Waals surface area contributed by atoms with Crippen LogP contribution in [0.15, 0.2) is 22.8 Å². The van der Waals surface area contributed by atoms with Crippen LogP contribution in [0, 0.1) is 0 Å². The van der Waals surface area contributed by atoms with E-state index >= 15 is 0 Å². The number of aliphatic hydroxyl groups is 1. The number of nitrogens with zero attached hydrogens (tertiary/aromatic N) is 1. The van der Waals surface area contributed by atoms with Crippen molar-refractivity contribution in [2.24, 2.45) is 0 Å². The maximum absolute atomic E-state index is 10.1. The molecule has 3 nitrogen and oxygen atoms in total. The lowest BCUT2D eigenvalue weighted by Gasteiger charge is -2.27. The van der Waals surface area contributed by atoms with E-state index in [1.165, 1.54) is 12.8 Å². The van der Waals surface area contributed by atoms with Gasteiger partial charge >= 0.3 is 0 Å². The molecule has 0 spiro atoms. The van der Waals surface area contributed by atoms with Gasteiger partial charge in [0, 0.05) is 28.8 Å². The van der Waals surface area contributed by atoms with E-state index < -0.39 is 0 Å². The Bertz CT molecular complexity index is 322. The van der Waals surface area contributed by atoms with Crippen LogP contribution >= 0.6 is 15.9 Å². The largest absolute Gasteiger partial charge is 0.391 e. The van der Waals surface area contributed by atoms with Crippen LogP contribution in [0.2, 0.25) is 0 Å². The van der Waals surface area contributed by atoms with E-state index in [0.717, 1.165) is 23.1 Å². The SMILES string of the molecule is OC(Cc1ccc(Br)cn1)C1CCCCN1. The Hall–Kier alpha value is -0.450. The van der Waals surface area contributed by atoms with Gasteiger partial charge in [0.2, 0.25) is 0 Å². The van der Waals surface area contributed by atoms with Gasteiger partial charge in [-0.15, -0.1) is 0 Å². The summed E-state index contributed by atoms with van der Waals surface area (Å²) in [6.07, 6.45) is 5.58. The monoisotopic (exact) mass is 284 g/mol. The van der Waals surface area contributed by atoms with Crippen molar-refractivity contribution in [1.82, 2.24) is 10.3 Å². The third-order valence-electron chi connectivity index (χ3n) is 3.02. The lowest BCUT2D eigenvalue weighted by atomic mass is 9.97. The van der Waals surface area contributed by atoms with Gasteiger partial charge < -0.3 is 10.4 Å². The number of aromatic nitrogens is 1. The molecule has 0 bridgehead atoms. The molecule has 0 radical (unpaired) electrons. The summed E-state index contributed by atoms with van der Waals surface area (Å²) < 4.78 is 0.974. The van der Waals surface area contributed by atoms with Crippen LogP contribution in [0.3, 0.4) is 0 Å². The zero-order valence-corrected chi connectivity index (χ0v) is 10.8. The van der Waals surface area contributed by atoms with Crippen molar-refractivity contribution in [3.8, 4) is 0 Å². The Labute approximate surface area is 104 Å². The smallest absolute Gasteiger partial charge is 0.0748 e. The maximum Gasteiger partial charge on any atom is 0.0748 e. The van der Waals surface area contributed by atoms with Gasteiger partial charge in [-0.05, 0) is 47.4 Å². The first-order chi connectivity index (χ1) is 7.75. The number of hydrogen-bond donors (Lipinski definition) is 2. The Morgan fingerprint density at radius 2 is 2.38 bits per heavy atom. The lowest BCUT2D eigenvalue weighted by molar-refractivity contribution is 0.112. The van der Waals surface area contributed by atoms with E-state index in [9.17, 15) is 5.11 Å². The molecule has 2 atom stereocenters. The Balaban J connectivity index is 1.90. The summed E-state index contributed by atoms with van der Waals surface area (Å²) in [5, 5.41) is 13.4. The highest BCUT2D eigenvalue weighted by Crippen LogP contribution is 2.14. The highest BCUT2D eigenvalue weighted by molar-refractivity contribution is 9.10. The van der Waals surface area contributed by atoms with E-state index in [4.69, 9.17) is 0 Å². The molecule has 0 aromatic carbocycles. The number of hydrogen-bond acceptors (Lipinski definition) is 3. The number of pyridine rings is 1. The first-order valence-corrected chi connectivity index (χ1v) is 6.57. The summed E-state index contributed by atoms with van der Waals surface area (Å²) >= 11 is 3.35. The predicted molar refractivity (Wildman–Crippen MR) is 67.3 cm³/mol. The van der Waals surface area contributed by atoms with E-state index in [1.807, 2.05) is 12.1 Å². The molecule has 4 heteroatoms. The standard InChI is InChI=1S/C12H17BrN2O/c13-9-4-5-10(15-8-9)7-12(16)11-3-1-2-6-14-11/h4-5,8,11-12,14,16H,1-3,6-7H2. The van der Waals surface area contributed by atoms with Crippen LogP contribution in [-0.2, 0) is 6.42 Å². The molecule has 1 fully saturated rings. The van der Waals surface area contributed by atoms with Gasteiger partial charge in [0.25, 0.3) is 0 Å². The molecule has 1 aromatic heterocycles. The average Bonchev–Trinajstić information content (AvgIpc) is 2.33. The topological polar surface area (TPSA) is 45.2 Å². The minimum Gasteiger partial charge on any atom is -0.391 e. The molecule has 16 heavy (non-hydrogen) atoms. The average molecular weight is 285 g/mol. The number of rotatable bonds is 3. The van der Waals surface area contributed by atoms with E-state index in [-0.39, 0.29) is 12.1 Å². The normalized spacial score (nSPS) is 23.0. The highest BCUT2D eigenvalue weighted by Gasteiger charge is 2.21. The third-order valence-corrected chi connectivity index (χ3v) is 3.49. The van der Waals surface area contributed by atoms with Gasteiger partial charge in [-0.25, -0.2) is 0 Å². The van der Waals surface area contributed by atoms with Gasteiger partial charge in [0.1, 0.15) is 0 Å². The number of aliphatic hydroxyl groups excluding tert-OH is 1. The fourth-order valence-corrected chi connectivity index (χ4v) is 2.33. The summed E-state index contributed by atoms with van der Waals surface area (Å²) in [6, 6.07) is 4.15. The first-order valence-electron chi connectivity index (χ1n) is 5.77. The maximum atomic E-state index is 10.1. The van der Waals surface area contributed by atoms with Gasteiger partial charge in [-0.1, -0.05) is 6.42 Å². The highest BCUT2D eigenvalue weighted by atomic mass is 79.9. The second-order valence-electron chi connectivity index (χ2n) is 4.30. The number of piperidine rings is 1. The summed E-state index contributed by atoms with van der Waals surface area (Å²) in [5.41, 5.74) is 0.947. The van der Waals surface area contributed by atoms with Crippen molar-refractivity contribution in [2.75, 3.05) is 6.54 Å². The van der Waals surface area contributed by atoms with Crippen LogP contribution in [-0.4, -0.2) is 28.8 Å². The number of nitrogens with one attached hydrogen (secondary N) is 1. The van der Waals surface area contributed by atoms with Crippen molar-refractivity contribution in [2.45, 2.75) is 37.8 Å². The summed E-state index contributed by atoms with van der Waals surface area (Å²) in [4.78, 5) is 4.28. The van der Waals surface area contributed by atoms with E-state index in [2.05, 4.69) is 26.2 Å². The lowest BCUT2D eigenvalue weighted by Crippen LogP contribution is -2.44. The van der Waals surface area contributed by atoms with Crippen LogP contribution in [0.25, 0.3) is 0 Å². The van der Waals surface area contributed by atoms with Crippen LogP contribution < -0.4 is 5.32 Å². The van der Waals surface area contributed by atoms with E-state index in [1.54, 1.807) is 6.20 Å². The molecule has 2 heterocycles. The molecule has 0 aliphatic carbocycles. The van der Waals surface area contributed by atoms with Gasteiger partial charge in [-0.3, -0.25) is 4.98 Å². The van der Waals surface area contributed by atoms with Crippen molar-refractivity contribution < 1.29 is 5.11 Å². The molecule has 0 amide bonds. The Morgan fingerprint density at radius 1 is 1.50 bits per heavy atom. The zero-order chi connectivity index (χ0) is 11.4. The van der Waals surface area contributed by atoms with Crippen LogP contribution in [0.4, 0.5) is 0 Å².